The first kappa shape index (κ1) is 23.9. The van der Waals surface area contributed by atoms with Gasteiger partial charge in [-0.2, -0.15) is 0 Å². The van der Waals surface area contributed by atoms with Gasteiger partial charge in [-0.1, -0.05) is 37.6 Å². The van der Waals surface area contributed by atoms with Gasteiger partial charge in [-0.15, -0.1) is 0 Å². The summed E-state index contributed by atoms with van der Waals surface area (Å²) in [5, 5.41) is 10.6. The van der Waals surface area contributed by atoms with Gasteiger partial charge in [-0.05, 0) is 78.9 Å². The number of unbranched alkanes of at least 4 members (excludes halogenated alkanes) is 1. The molecular formula is C28H29F2NO3. The minimum absolute atomic E-state index is 0.0637. The van der Waals surface area contributed by atoms with Crippen LogP contribution in [0.1, 0.15) is 55.9 Å². The fourth-order valence-electron chi connectivity index (χ4n) is 4.39. The third-order valence-electron chi connectivity index (χ3n) is 6.31. The SMILES string of the molecule is CCCCOc1ccc([C@@H]2[C@@H](CC[C@H](O)c3ccc(F)cc3)C(=O)N2c2ccc(F)cc2)cc1. The molecule has 1 saturated heterocycles. The van der Waals surface area contributed by atoms with E-state index in [2.05, 4.69) is 6.92 Å². The number of benzene rings is 3. The molecule has 0 saturated carbocycles. The van der Waals surface area contributed by atoms with E-state index in [9.17, 15) is 18.7 Å². The Kier molecular flexibility index (Phi) is 7.58. The van der Waals surface area contributed by atoms with Gasteiger partial charge in [0.15, 0.2) is 0 Å². The summed E-state index contributed by atoms with van der Waals surface area (Å²) >= 11 is 0. The number of amides is 1. The molecule has 3 aromatic carbocycles. The van der Waals surface area contributed by atoms with Gasteiger partial charge < -0.3 is 14.7 Å². The highest BCUT2D eigenvalue weighted by Crippen LogP contribution is 2.46. The van der Waals surface area contributed by atoms with Gasteiger partial charge >= 0.3 is 0 Å². The molecule has 1 N–H and O–H groups in total. The number of hydrogen-bond acceptors (Lipinski definition) is 3. The minimum atomic E-state index is -0.789. The molecule has 4 rings (SSSR count). The van der Waals surface area contributed by atoms with Crippen molar-refractivity contribution in [2.45, 2.75) is 44.8 Å². The molecule has 178 valence electrons. The van der Waals surface area contributed by atoms with Crippen LogP contribution in [0, 0.1) is 17.6 Å². The molecular weight excluding hydrogens is 436 g/mol. The van der Waals surface area contributed by atoms with Crippen LogP contribution in [-0.2, 0) is 4.79 Å². The van der Waals surface area contributed by atoms with Crippen molar-refractivity contribution >= 4 is 11.6 Å². The first-order valence-corrected chi connectivity index (χ1v) is 11.7. The second-order valence-corrected chi connectivity index (χ2v) is 8.65. The maximum Gasteiger partial charge on any atom is 0.233 e. The molecule has 0 aromatic heterocycles. The number of aliphatic hydroxyl groups excluding tert-OH is 1. The van der Waals surface area contributed by atoms with Crippen molar-refractivity contribution in [3.05, 3.63) is 95.6 Å². The van der Waals surface area contributed by atoms with E-state index < -0.39 is 6.10 Å². The molecule has 1 aliphatic heterocycles. The molecule has 34 heavy (non-hydrogen) atoms. The van der Waals surface area contributed by atoms with Crippen LogP contribution in [0.2, 0.25) is 0 Å². The summed E-state index contributed by atoms with van der Waals surface area (Å²) in [5.41, 5.74) is 2.21. The van der Waals surface area contributed by atoms with E-state index in [1.807, 2.05) is 24.3 Å². The molecule has 0 unspecified atom stereocenters. The van der Waals surface area contributed by atoms with Crippen molar-refractivity contribution in [2.24, 2.45) is 5.92 Å². The van der Waals surface area contributed by atoms with Crippen LogP contribution in [0.5, 0.6) is 5.75 Å². The van der Waals surface area contributed by atoms with E-state index in [0.29, 0.717) is 30.7 Å². The first-order chi connectivity index (χ1) is 16.5. The third kappa shape index (κ3) is 5.28. The summed E-state index contributed by atoms with van der Waals surface area (Å²) in [7, 11) is 0. The third-order valence-corrected chi connectivity index (χ3v) is 6.31. The molecule has 0 aliphatic carbocycles. The molecule has 1 fully saturated rings. The Labute approximate surface area is 198 Å². The van der Waals surface area contributed by atoms with Gasteiger partial charge in [-0.25, -0.2) is 8.78 Å². The van der Waals surface area contributed by atoms with Crippen LogP contribution < -0.4 is 9.64 Å². The lowest BCUT2D eigenvalue weighted by Crippen LogP contribution is -2.55. The highest BCUT2D eigenvalue weighted by molar-refractivity contribution is 6.03. The highest BCUT2D eigenvalue weighted by Gasteiger charge is 2.48. The molecule has 1 amide bonds. The van der Waals surface area contributed by atoms with E-state index >= 15 is 0 Å². The molecule has 4 nitrogen and oxygen atoms in total. The number of β-lactam (4-membered cyclic amide) rings is 1. The normalized spacial score (nSPS) is 18.5. The fourth-order valence-corrected chi connectivity index (χ4v) is 4.39. The van der Waals surface area contributed by atoms with Crippen LogP contribution in [0.15, 0.2) is 72.8 Å². The average Bonchev–Trinajstić information content (AvgIpc) is 2.85. The van der Waals surface area contributed by atoms with Gasteiger partial charge in [0.05, 0.1) is 24.7 Å². The Balaban J connectivity index is 1.52. The Bertz CT molecular complexity index is 1080. The number of halogens is 2. The second kappa shape index (κ2) is 10.8. The molecule has 1 heterocycles. The Morgan fingerprint density at radius 1 is 0.941 bits per heavy atom. The Morgan fingerprint density at radius 3 is 2.18 bits per heavy atom. The number of hydrogen-bond donors (Lipinski definition) is 1. The molecule has 6 heteroatoms. The quantitative estimate of drug-likeness (QED) is 0.280. The summed E-state index contributed by atoms with van der Waals surface area (Å²) in [6, 6.07) is 19.1. The zero-order valence-electron chi connectivity index (χ0n) is 19.2. The molecule has 3 atom stereocenters. The summed E-state index contributed by atoms with van der Waals surface area (Å²) in [6.45, 7) is 2.76. The van der Waals surface area contributed by atoms with Gasteiger partial charge in [0.1, 0.15) is 17.4 Å². The molecule has 0 spiro atoms. The van der Waals surface area contributed by atoms with Crippen LogP contribution in [-0.4, -0.2) is 17.6 Å². The van der Waals surface area contributed by atoms with Gasteiger partial charge in [0.25, 0.3) is 0 Å². The minimum Gasteiger partial charge on any atom is -0.494 e. The van der Waals surface area contributed by atoms with E-state index in [4.69, 9.17) is 4.74 Å². The summed E-state index contributed by atoms with van der Waals surface area (Å²) < 4.78 is 32.4. The summed E-state index contributed by atoms with van der Waals surface area (Å²) in [6.07, 6.45) is 2.08. The number of aliphatic hydroxyl groups is 1. The van der Waals surface area contributed by atoms with Crippen LogP contribution >= 0.6 is 0 Å². The van der Waals surface area contributed by atoms with Crippen molar-refractivity contribution in [3.8, 4) is 5.75 Å². The fraction of sp³-hybridized carbons (Fsp3) is 0.321. The number of carbonyl (C=O) groups is 1. The Morgan fingerprint density at radius 2 is 1.56 bits per heavy atom. The van der Waals surface area contributed by atoms with Crippen molar-refractivity contribution in [1.29, 1.82) is 0 Å². The van der Waals surface area contributed by atoms with Gasteiger partial charge in [0.2, 0.25) is 5.91 Å². The van der Waals surface area contributed by atoms with Gasteiger partial charge in [0, 0.05) is 5.69 Å². The predicted octanol–water partition coefficient (Wildman–Crippen LogP) is 6.36. The van der Waals surface area contributed by atoms with E-state index in [-0.39, 0.29) is 29.5 Å². The lowest BCUT2D eigenvalue weighted by Gasteiger charge is -2.48. The number of rotatable bonds is 10. The lowest BCUT2D eigenvalue weighted by molar-refractivity contribution is -0.131. The second-order valence-electron chi connectivity index (χ2n) is 8.65. The molecule has 3 aromatic rings. The summed E-state index contributed by atoms with van der Waals surface area (Å²) in [4.78, 5) is 14.8. The monoisotopic (exact) mass is 465 g/mol. The standard InChI is InChI=1S/C28H29F2NO3/c1-2-3-18-34-24-14-6-20(7-15-24)27-25(16-17-26(32)19-4-8-21(29)9-5-19)28(33)31(27)23-12-10-22(30)11-13-23/h4-15,25-27,32H,2-3,16-18H2,1H3/t25-,26+,27-/m1/s1. The number of ether oxygens (including phenoxy) is 1. The zero-order valence-corrected chi connectivity index (χ0v) is 19.2. The van der Waals surface area contributed by atoms with E-state index in [0.717, 1.165) is 24.2 Å². The molecule has 1 aliphatic rings. The largest absolute Gasteiger partial charge is 0.494 e. The van der Waals surface area contributed by atoms with Crippen molar-refractivity contribution < 1.29 is 23.4 Å². The molecule has 0 radical (unpaired) electrons. The topological polar surface area (TPSA) is 49.8 Å². The van der Waals surface area contributed by atoms with Crippen molar-refractivity contribution in [3.63, 3.8) is 0 Å². The van der Waals surface area contributed by atoms with Crippen molar-refractivity contribution in [1.82, 2.24) is 0 Å². The maximum absolute atomic E-state index is 13.5. The predicted molar refractivity (Wildman–Crippen MR) is 128 cm³/mol. The highest BCUT2D eigenvalue weighted by atomic mass is 19.1. The van der Waals surface area contributed by atoms with E-state index in [1.54, 1.807) is 29.2 Å². The van der Waals surface area contributed by atoms with Crippen molar-refractivity contribution in [2.75, 3.05) is 11.5 Å². The summed E-state index contributed by atoms with van der Waals surface area (Å²) in [5.74, 6) is -0.333. The van der Waals surface area contributed by atoms with Crippen LogP contribution in [0.3, 0.4) is 0 Å². The lowest BCUT2D eigenvalue weighted by atomic mass is 9.78. The number of carbonyl (C=O) groups excluding carboxylic acids is 1. The molecule has 0 bridgehead atoms. The Hall–Kier alpha value is -3.25. The van der Waals surface area contributed by atoms with Gasteiger partial charge in [-0.3, -0.25) is 4.79 Å². The smallest absolute Gasteiger partial charge is 0.233 e. The number of anilines is 1. The van der Waals surface area contributed by atoms with Crippen LogP contribution in [0.25, 0.3) is 0 Å². The number of nitrogens with zero attached hydrogens (tertiary/aromatic N) is 1. The average molecular weight is 466 g/mol. The maximum atomic E-state index is 13.5. The van der Waals surface area contributed by atoms with E-state index in [1.165, 1.54) is 24.3 Å². The van der Waals surface area contributed by atoms with Crippen LogP contribution in [0.4, 0.5) is 14.5 Å². The zero-order chi connectivity index (χ0) is 24.1. The first-order valence-electron chi connectivity index (χ1n) is 11.7.